The normalized spacial score (nSPS) is 15.7. The molecule has 2 amide bonds. The Hall–Kier alpha value is -2.34. The third kappa shape index (κ3) is 4.92. The van der Waals surface area contributed by atoms with Gasteiger partial charge in [0.1, 0.15) is 0 Å². The van der Waals surface area contributed by atoms with E-state index in [9.17, 15) is 9.59 Å². The highest BCUT2D eigenvalue weighted by molar-refractivity contribution is 5.89. The Morgan fingerprint density at radius 2 is 1.95 bits per heavy atom. The fourth-order valence-electron chi connectivity index (χ4n) is 2.10. The lowest BCUT2D eigenvalue weighted by Gasteiger charge is -2.20. The number of carbonyl (C=O) groups is 2. The van der Waals surface area contributed by atoms with Gasteiger partial charge >= 0.3 is 12.0 Å². The molecule has 6 heteroatoms. The van der Waals surface area contributed by atoms with Crippen LogP contribution >= 0.6 is 0 Å². The molecule has 0 unspecified atom stereocenters. The monoisotopic (exact) mass is 289 g/mol. The van der Waals surface area contributed by atoms with Gasteiger partial charge in [0.05, 0.1) is 0 Å². The number of carbonyl (C=O) groups excluding carboxylic acids is 1. The molecule has 1 heterocycles. The Kier molecular flexibility index (Phi) is 5.34. The van der Waals surface area contributed by atoms with Crippen molar-refractivity contribution in [1.29, 1.82) is 0 Å². The molecule has 1 aromatic carbocycles. The summed E-state index contributed by atoms with van der Waals surface area (Å²) in [5.74, 6) is -0.984. The Morgan fingerprint density at radius 1 is 1.19 bits per heavy atom. The Labute approximate surface area is 123 Å². The molecule has 1 saturated heterocycles. The molecule has 1 aliphatic heterocycles. The van der Waals surface area contributed by atoms with E-state index in [4.69, 9.17) is 5.11 Å². The summed E-state index contributed by atoms with van der Waals surface area (Å²) in [6, 6.07) is 6.94. The number of anilines is 1. The van der Waals surface area contributed by atoms with E-state index in [1.54, 1.807) is 29.2 Å². The number of rotatable bonds is 3. The third-order valence-corrected chi connectivity index (χ3v) is 3.21. The van der Waals surface area contributed by atoms with Crippen LogP contribution in [0.1, 0.15) is 12.0 Å². The molecular weight excluding hydrogens is 270 g/mol. The van der Waals surface area contributed by atoms with Crippen LogP contribution in [0.5, 0.6) is 0 Å². The molecule has 0 bridgehead atoms. The second-order valence-electron chi connectivity index (χ2n) is 4.81. The highest BCUT2D eigenvalue weighted by atomic mass is 16.4. The SMILES string of the molecule is O=C(O)C=Cc1ccc(NC(=O)N2CCCNCC2)cc1. The first-order chi connectivity index (χ1) is 10.1. The molecule has 1 fully saturated rings. The van der Waals surface area contributed by atoms with Crippen molar-refractivity contribution >= 4 is 23.8 Å². The number of carboxylic acid groups (broad SMARTS) is 1. The molecule has 3 N–H and O–H groups in total. The van der Waals surface area contributed by atoms with Gasteiger partial charge in [-0.2, -0.15) is 0 Å². The van der Waals surface area contributed by atoms with Crippen molar-refractivity contribution in [2.75, 3.05) is 31.5 Å². The summed E-state index contributed by atoms with van der Waals surface area (Å²) in [6.07, 6.45) is 3.54. The van der Waals surface area contributed by atoms with Crippen molar-refractivity contribution < 1.29 is 14.7 Å². The minimum Gasteiger partial charge on any atom is -0.478 e. The molecule has 0 aromatic heterocycles. The van der Waals surface area contributed by atoms with Gasteiger partial charge in [-0.3, -0.25) is 0 Å². The fraction of sp³-hybridized carbons (Fsp3) is 0.333. The lowest BCUT2D eigenvalue weighted by molar-refractivity contribution is -0.131. The van der Waals surface area contributed by atoms with E-state index in [1.807, 2.05) is 0 Å². The number of carboxylic acids is 1. The minimum atomic E-state index is -0.984. The maximum Gasteiger partial charge on any atom is 0.328 e. The lowest BCUT2D eigenvalue weighted by Crippen LogP contribution is -2.37. The maximum atomic E-state index is 12.1. The van der Waals surface area contributed by atoms with E-state index in [0.717, 1.165) is 37.7 Å². The minimum absolute atomic E-state index is 0.104. The first kappa shape index (κ1) is 15.1. The Bertz CT molecular complexity index is 517. The molecule has 0 saturated carbocycles. The number of nitrogens with zero attached hydrogens (tertiary/aromatic N) is 1. The molecule has 21 heavy (non-hydrogen) atoms. The smallest absolute Gasteiger partial charge is 0.328 e. The van der Waals surface area contributed by atoms with Crippen LogP contribution in [-0.4, -0.2) is 48.2 Å². The molecule has 2 rings (SSSR count). The molecule has 1 aromatic rings. The van der Waals surface area contributed by atoms with Crippen LogP contribution in [-0.2, 0) is 4.79 Å². The van der Waals surface area contributed by atoms with E-state index in [1.165, 1.54) is 6.08 Å². The van der Waals surface area contributed by atoms with Crippen molar-refractivity contribution in [2.45, 2.75) is 6.42 Å². The van der Waals surface area contributed by atoms with E-state index >= 15 is 0 Å². The zero-order valence-electron chi connectivity index (χ0n) is 11.7. The van der Waals surface area contributed by atoms with Gasteiger partial charge in [-0.05, 0) is 36.7 Å². The second kappa shape index (κ2) is 7.44. The van der Waals surface area contributed by atoms with Crippen molar-refractivity contribution in [3.05, 3.63) is 35.9 Å². The van der Waals surface area contributed by atoms with Crippen LogP contribution in [0.25, 0.3) is 6.08 Å². The number of nitrogens with one attached hydrogen (secondary N) is 2. The van der Waals surface area contributed by atoms with E-state index < -0.39 is 5.97 Å². The molecule has 0 atom stereocenters. The number of amides is 2. The van der Waals surface area contributed by atoms with Crippen LogP contribution in [0.3, 0.4) is 0 Å². The number of aliphatic carboxylic acids is 1. The zero-order chi connectivity index (χ0) is 15.1. The molecular formula is C15H19N3O3. The highest BCUT2D eigenvalue weighted by Gasteiger charge is 2.14. The van der Waals surface area contributed by atoms with Gasteiger partial charge in [0, 0.05) is 31.4 Å². The molecule has 0 spiro atoms. The first-order valence-electron chi connectivity index (χ1n) is 6.93. The van der Waals surface area contributed by atoms with Gasteiger partial charge < -0.3 is 20.6 Å². The molecule has 1 aliphatic rings. The average Bonchev–Trinajstić information content (AvgIpc) is 2.75. The predicted molar refractivity (Wildman–Crippen MR) is 81.2 cm³/mol. The highest BCUT2D eigenvalue weighted by Crippen LogP contribution is 2.12. The van der Waals surface area contributed by atoms with Crippen molar-refractivity contribution in [3.8, 4) is 0 Å². The molecule has 6 nitrogen and oxygen atoms in total. The van der Waals surface area contributed by atoms with Gasteiger partial charge in [-0.25, -0.2) is 9.59 Å². The summed E-state index contributed by atoms with van der Waals surface area (Å²) in [5, 5.41) is 14.7. The van der Waals surface area contributed by atoms with Crippen LogP contribution in [0.2, 0.25) is 0 Å². The largest absolute Gasteiger partial charge is 0.478 e. The van der Waals surface area contributed by atoms with E-state index in [2.05, 4.69) is 10.6 Å². The van der Waals surface area contributed by atoms with Gasteiger partial charge in [0.2, 0.25) is 0 Å². The molecule has 112 valence electrons. The van der Waals surface area contributed by atoms with Gasteiger partial charge in [0.15, 0.2) is 0 Å². The summed E-state index contributed by atoms with van der Waals surface area (Å²) in [4.78, 5) is 24.3. The number of hydrogen-bond acceptors (Lipinski definition) is 3. The van der Waals surface area contributed by atoms with Crippen molar-refractivity contribution in [1.82, 2.24) is 10.2 Å². The second-order valence-corrected chi connectivity index (χ2v) is 4.81. The third-order valence-electron chi connectivity index (χ3n) is 3.21. The fourth-order valence-corrected chi connectivity index (χ4v) is 2.10. The zero-order valence-corrected chi connectivity index (χ0v) is 11.7. The Morgan fingerprint density at radius 3 is 2.67 bits per heavy atom. The molecule has 0 aliphatic carbocycles. The van der Waals surface area contributed by atoms with E-state index in [-0.39, 0.29) is 6.03 Å². The topological polar surface area (TPSA) is 81.7 Å². The summed E-state index contributed by atoms with van der Waals surface area (Å²) >= 11 is 0. The number of benzene rings is 1. The number of hydrogen-bond donors (Lipinski definition) is 3. The molecule has 0 radical (unpaired) electrons. The average molecular weight is 289 g/mol. The van der Waals surface area contributed by atoms with Crippen molar-refractivity contribution in [3.63, 3.8) is 0 Å². The first-order valence-corrected chi connectivity index (χ1v) is 6.93. The van der Waals surface area contributed by atoms with Crippen LogP contribution in [0.4, 0.5) is 10.5 Å². The summed E-state index contributed by atoms with van der Waals surface area (Å²) in [5.41, 5.74) is 1.47. The van der Waals surface area contributed by atoms with Gasteiger partial charge in [-0.15, -0.1) is 0 Å². The maximum absolute atomic E-state index is 12.1. The van der Waals surface area contributed by atoms with Crippen molar-refractivity contribution in [2.24, 2.45) is 0 Å². The van der Waals surface area contributed by atoms with E-state index in [0.29, 0.717) is 12.2 Å². The van der Waals surface area contributed by atoms with Crippen LogP contribution < -0.4 is 10.6 Å². The summed E-state index contributed by atoms with van der Waals surface area (Å²) < 4.78 is 0. The summed E-state index contributed by atoms with van der Waals surface area (Å²) in [7, 11) is 0. The Balaban J connectivity index is 1.93. The lowest BCUT2D eigenvalue weighted by atomic mass is 10.2. The van der Waals surface area contributed by atoms with Crippen LogP contribution in [0.15, 0.2) is 30.3 Å². The standard InChI is InChI=1S/C15H19N3O3/c19-14(20)7-4-12-2-5-13(6-3-12)17-15(21)18-10-1-8-16-9-11-18/h2-7,16H,1,8-11H2,(H,17,21)(H,19,20). The quantitative estimate of drug-likeness (QED) is 0.738. The van der Waals surface area contributed by atoms with Gasteiger partial charge in [0.25, 0.3) is 0 Å². The van der Waals surface area contributed by atoms with Crippen LogP contribution in [0, 0.1) is 0 Å². The summed E-state index contributed by atoms with van der Waals surface area (Å²) in [6.45, 7) is 3.20. The van der Waals surface area contributed by atoms with Gasteiger partial charge in [-0.1, -0.05) is 12.1 Å². The predicted octanol–water partition coefficient (Wildman–Crippen LogP) is 1.61. The number of urea groups is 1.